The van der Waals surface area contributed by atoms with Crippen LogP contribution in [0.4, 0.5) is 18.9 Å². The van der Waals surface area contributed by atoms with E-state index >= 15 is 0 Å². The molecule has 1 N–H and O–H groups in total. The van der Waals surface area contributed by atoms with Crippen molar-refractivity contribution in [1.82, 2.24) is 14.9 Å². The number of carbonyl (C=O) groups is 1. The first kappa shape index (κ1) is 23.3. The number of halogens is 3. The molecule has 1 amide bonds. The van der Waals surface area contributed by atoms with Gasteiger partial charge in [-0.05, 0) is 36.8 Å². The van der Waals surface area contributed by atoms with Gasteiger partial charge in [0.15, 0.2) is 0 Å². The minimum atomic E-state index is -4.75. The van der Waals surface area contributed by atoms with Gasteiger partial charge in [-0.25, -0.2) is 9.98 Å². The van der Waals surface area contributed by atoms with Gasteiger partial charge >= 0.3 is 6.18 Å². The van der Waals surface area contributed by atoms with Gasteiger partial charge in [-0.15, -0.1) is 0 Å². The van der Waals surface area contributed by atoms with Crippen LogP contribution in [0.15, 0.2) is 59.0 Å². The Morgan fingerprint density at radius 3 is 2.48 bits per heavy atom. The minimum absolute atomic E-state index is 0.0617. The molecule has 2 aromatic carbocycles. The Morgan fingerprint density at radius 2 is 1.91 bits per heavy atom. The number of amides is 1. The molecule has 0 bridgehead atoms. The van der Waals surface area contributed by atoms with Crippen molar-refractivity contribution in [2.45, 2.75) is 13.1 Å². The van der Waals surface area contributed by atoms with Gasteiger partial charge in [-0.3, -0.25) is 24.5 Å². The number of benzene rings is 2. The Balaban J connectivity index is 1.85. The van der Waals surface area contributed by atoms with E-state index in [-0.39, 0.29) is 33.9 Å². The molecule has 3 aromatic rings. The van der Waals surface area contributed by atoms with Crippen LogP contribution in [-0.2, 0) is 6.18 Å². The molecule has 0 saturated heterocycles. The number of nitrogens with zero attached hydrogens (tertiary/aromatic N) is 5. The number of imidazole rings is 1. The van der Waals surface area contributed by atoms with Gasteiger partial charge in [0.2, 0.25) is 5.82 Å². The topological polar surface area (TPSA) is 115 Å². The fraction of sp³-hybridized carbons (Fsp3) is 0.143. The van der Waals surface area contributed by atoms with Gasteiger partial charge in [0.25, 0.3) is 11.6 Å². The van der Waals surface area contributed by atoms with E-state index in [4.69, 9.17) is 0 Å². The number of nitro groups is 1. The molecular formula is C21H17F3N6O3. The number of aliphatic imine (C=N–C) groups is 2. The third kappa shape index (κ3) is 5.11. The van der Waals surface area contributed by atoms with Crippen molar-refractivity contribution in [3.63, 3.8) is 0 Å². The number of hydrogen-bond acceptors (Lipinski definition) is 6. The summed E-state index contributed by atoms with van der Waals surface area (Å²) < 4.78 is 41.4. The molecule has 0 aliphatic rings. The zero-order valence-corrected chi connectivity index (χ0v) is 17.4. The summed E-state index contributed by atoms with van der Waals surface area (Å²) in [6.45, 7) is 5.34. The summed E-state index contributed by atoms with van der Waals surface area (Å²) in [5.74, 6) is -2.18. The summed E-state index contributed by atoms with van der Waals surface area (Å²) in [6, 6.07) is 9.48. The van der Waals surface area contributed by atoms with Crippen LogP contribution in [-0.4, -0.2) is 39.5 Å². The molecule has 0 aliphatic heterocycles. The highest BCUT2D eigenvalue weighted by atomic mass is 19.4. The summed E-state index contributed by atoms with van der Waals surface area (Å²) in [5, 5.41) is 13.1. The average molecular weight is 458 g/mol. The maximum absolute atomic E-state index is 13.6. The van der Waals surface area contributed by atoms with Crippen LogP contribution in [0.1, 0.15) is 21.7 Å². The smallest absolute Gasteiger partial charge is 0.306 e. The lowest BCUT2D eigenvalue weighted by atomic mass is 10.2. The largest absolute Gasteiger partial charge is 0.450 e. The first-order chi connectivity index (χ1) is 15.5. The second kappa shape index (κ2) is 9.02. The highest BCUT2D eigenvalue weighted by molar-refractivity contribution is 6.34. The first-order valence-corrected chi connectivity index (χ1v) is 9.33. The van der Waals surface area contributed by atoms with E-state index in [0.717, 1.165) is 28.5 Å². The second-order valence-electron chi connectivity index (χ2n) is 6.80. The first-order valence-electron chi connectivity index (χ1n) is 9.33. The number of alkyl halides is 3. The zero-order valence-electron chi connectivity index (χ0n) is 17.4. The molecule has 0 unspecified atom stereocenters. The molecule has 33 heavy (non-hydrogen) atoms. The van der Waals surface area contributed by atoms with Crippen LogP contribution in [0.3, 0.4) is 0 Å². The number of aryl methyl sites for hydroxylation is 1. The average Bonchev–Trinajstić information content (AvgIpc) is 3.15. The second-order valence-corrected chi connectivity index (χ2v) is 6.80. The van der Waals surface area contributed by atoms with E-state index < -0.39 is 22.8 Å². The molecule has 1 heterocycles. The standard InChI is InChI=1S/C21H17F3N6O3/c1-12-4-9-17-16(10-12)27-20(21(22,23)24)29(17)13(2)26-11-18(25-3)28-19(31)14-5-7-15(8-6-14)30(32)33/h4-11H,2H2,1,3H3,(H,25,28,31)/b26-11-. The maximum Gasteiger partial charge on any atom is 0.450 e. The monoisotopic (exact) mass is 458 g/mol. The Kier molecular flexibility index (Phi) is 6.38. The van der Waals surface area contributed by atoms with Gasteiger partial charge < -0.3 is 5.32 Å². The van der Waals surface area contributed by atoms with Crippen molar-refractivity contribution in [2.24, 2.45) is 9.98 Å². The van der Waals surface area contributed by atoms with Crippen molar-refractivity contribution in [3.8, 4) is 0 Å². The Morgan fingerprint density at radius 1 is 1.24 bits per heavy atom. The lowest BCUT2D eigenvalue weighted by Gasteiger charge is -2.11. The van der Waals surface area contributed by atoms with Crippen molar-refractivity contribution in [2.75, 3.05) is 7.05 Å². The lowest BCUT2D eigenvalue weighted by molar-refractivity contribution is -0.384. The minimum Gasteiger partial charge on any atom is -0.306 e. The molecule has 12 heteroatoms. The Hall–Kier alpha value is -4.35. The number of hydrogen-bond donors (Lipinski definition) is 1. The van der Waals surface area contributed by atoms with E-state index in [2.05, 4.69) is 26.9 Å². The van der Waals surface area contributed by atoms with Crippen LogP contribution in [0.2, 0.25) is 0 Å². The van der Waals surface area contributed by atoms with Crippen LogP contribution in [0.25, 0.3) is 16.9 Å². The summed E-state index contributed by atoms with van der Waals surface area (Å²) in [7, 11) is 1.34. The van der Waals surface area contributed by atoms with Crippen LogP contribution >= 0.6 is 0 Å². The van der Waals surface area contributed by atoms with Crippen molar-refractivity contribution < 1.29 is 22.9 Å². The number of carbonyl (C=O) groups excluding carboxylic acids is 1. The number of amidine groups is 1. The van der Waals surface area contributed by atoms with Crippen LogP contribution in [0, 0.1) is 17.0 Å². The number of nitrogens with one attached hydrogen (secondary N) is 1. The van der Waals surface area contributed by atoms with Gasteiger partial charge in [-0.1, -0.05) is 12.6 Å². The molecule has 0 aliphatic carbocycles. The van der Waals surface area contributed by atoms with Gasteiger partial charge in [0, 0.05) is 24.7 Å². The molecule has 0 spiro atoms. The molecule has 0 fully saturated rings. The predicted octanol–water partition coefficient (Wildman–Crippen LogP) is 4.23. The van der Waals surface area contributed by atoms with Crippen LogP contribution in [0.5, 0.6) is 0 Å². The van der Waals surface area contributed by atoms with E-state index in [1.165, 1.54) is 31.3 Å². The van der Waals surface area contributed by atoms with E-state index in [1.54, 1.807) is 13.0 Å². The molecule has 0 saturated carbocycles. The fourth-order valence-corrected chi connectivity index (χ4v) is 2.90. The third-order valence-corrected chi connectivity index (χ3v) is 4.48. The van der Waals surface area contributed by atoms with Gasteiger partial charge in [-0.2, -0.15) is 13.2 Å². The zero-order chi connectivity index (χ0) is 24.3. The maximum atomic E-state index is 13.6. The molecular weight excluding hydrogens is 441 g/mol. The van der Waals surface area contributed by atoms with E-state index in [9.17, 15) is 28.1 Å². The van der Waals surface area contributed by atoms with Crippen molar-refractivity contribution in [3.05, 3.63) is 76.1 Å². The van der Waals surface area contributed by atoms with E-state index in [0.29, 0.717) is 0 Å². The quantitative estimate of drug-likeness (QED) is 0.267. The summed E-state index contributed by atoms with van der Waals surface area (Å²) >= 11 is 0. The summed E-state index contributed by atoms with van der Waals surface area (Å²) in [5.41, 5.74) is 0.972. The van der Waals surface area contributed by atoms with Crippen molar-refractivity contribution in [1.29, 1.82) is 0 Å². The Labute approximate surface area is 185 Å². The molecule has 1 aromatic heterocycles. The summed E-state index contributed by atoms with van der Waals surface area (Å²) in [4.78, 5) is 33.9. The molecule has 0 atom stereocenters. The van der Waals surface area contributed by atoms with E-state index in [1.807, 2.05) is 0 Å². The highest BCUT2D eigenvalue weighted by Crippen LogP contribution is 2.33. The number of rotatable bonds is 5. The number of fused-ring (bicyclic) bond motifs is 1. The molecule has 170 valence electrons. The normalized spacial score (nSPS) is 12.3. The molecule has 3 rings (SSSR count). The van der Waals surface area contributed by atoms with Crippen LogP contribution < -0.4 is 5.32 Å². The SMILES string of the molecule is C=C(/N=C\C(=NC)NC(=O)c1ccc([N+](=O)[O-])cc1)n1c(C(F)(F)F)nc2cc(C)ccc21. The lowest BCUT2D eigenvalue weighted by Crippen LogP contribution is -2.31. The Bertz CT molecular complexity index is 1310. The molecule has 9 nitrogen and oxygen atoms in total. The highest BCUT2D eigenvalue weighted by Gasteiger charge is 2.38. The molecule has 0 radical (unpaired) electrons. The third-order valence-electron chi connectivity index (χ3n) is 4.48. The number of nitro benzene ring substituents is 1. The van der Waals surface area contributed by atoms with Gasteiger partial charge in [0.1, 0.15) is 11.7 Å². The van der Waals surface area contributed by atoms with Crippen molar-refractivity contribution >= 4 is 40.5 Å². The fourth-order valence-electron chi connectivity index (χ4n) is 2.90. The number of aromatic nitrogens is 2. The summed E-state index contributed by atoms with van der Waals surface area (Å²) in [6.07, 6.45) is -3.71. The van der Waals surface area contributed by atoms with Gasteiger partial charge in [0.05, 0.1) is 22.2 Å². The predicted molar refractivity (Wildman–Crippen MR) is 117 cm³/mol. The number of non-ortho nitro benzene ring substituents is 1.